The molecule has 9 heteroatoms. The number of hydrogen-bond donors (Lipinski definition) is 2. The number of halogens is 1. The maximum absolute atomic E-state index is 12.5. The van der Waals surface area contributed by atoms with E-state index in [4.69, 9.17) is 16.3 Å². The minimum absolute atomic E-state index is 0.00232. The monoisotopic (exact) mass is 472 g/mol. The molecule has 0 spiro atoms. The molecule has 0 saturated carbocycles. The second-order valence-electron chi connectivity index (χ2n) is 8.85. The number of nitrogens with zero attached hydrogens (tertiary/aromatic N) is 2. The first-order valence-corrected chi connectivity index (χ1v) is 11.1. The van der Waals surface area contributed by atoms with Crippen molar-refractivity contribution in [1.29, 1.82) is 0 Å². The Kier molecular flexibility index (Phi) is 7.81. The highest BCUT2D eigenvalue weighted by molar-refractivity contribution is 6.30. The van der Waals surface area contributed by atoms with Gasteiger partial charge in [0.15, 0.2) is 0 Å². The van der Waals surface area contributed by atoms with Gasteiger partial charge in [0.1, 0.15) is 12.1 Å². The van der Waals surface area contributed by atoms with Crippen LogP contribution in [0.3, 0.4) is 0 Å². The van der Waals surface area contributed by atoms with Crippen molar-refractivity contribution in [3.8, 4) is 0 Å². The fourth-order valence-corrected chi connectivity index (χ4v) is 3.36. The summed E-state index contributed by atoms with van der Waals surface area (Å²) in [5, 5.41) is 6.23. The molecule has 0 radical (unpaired) electrons. The van der Waals surface area contributed by atoms with Gasteiger partial charge in [0.25, 0.3) is 0 Å². The summed E-state index contributed by atoms with van der Waals surface area (Å²) >= 11 is 5.86. The van der Waals surface area contributed by atoms with Gasteiger partial charge in [-0.1, -0.05) is 35.9 Å². The fourth-order valence-electron chi connectivity index (χ4n) is 3.23. The summed E-state index contributed by atoms with van der Waals surface area (Å²) in [6, 6.07) is 14.3. The molecular weight excluding hydrogens is 444 g/mol. The first kappa shape index (κ1) is 24.4. The first-order chi connectivity index (χ1) is 15.6. The van der Waals surface area contributed by atoms with E-state index in [1.165, 1.54) is 4.90 Å². The third-order valence-electron chi connectivity index (χ3n) is 4.92. The Labute approximate surface area is 198 Å². The second-order valence-corrected chi connectivity index (χ2v) is 9.28. The number of amides is 4. The first-order valence-electron chi connectivity index (χ1n) is 10.7. The molecule has 2 aromatic rings. The molecule has 3 rings (SSSR count). The molecular formula is C24H29ClN4O4. The van der Waals surface area contributed by atoms with Gasteiger partial charge in [0.2, 0.25) is 5.91 Å². The molecule has 0 unspecified atom stereocenters. The third kappa shape index (κ3) is 7.68. The standard InChI is InChI=1S/C24H29ClN4O4/c1-24(2,3)33-23(32)29-13-12-28(21(30)16-29)15-18-6-10-20(11-7-18)27-22(31)26-14-17-4-8-19(25)9-5-17/h4-11H,12-16H2,1-3H3,(H2,26,27,31). The average Bonchev–Trinajstić information content (AvgIpc) is 2.75. The molecule has 8 nitrogen and oxygen atoms in total. The normalized spacial score (nSPS) is 14.1. The summed E-state index contributed by atoms with van der Waals surface area (Å²) in [5.41, 5.74) is 1.93. The number of urea groups is 1. The Morgan fingerprint density at radius 3 is 2.24 bits per heavy atom. The van der Waals surface area contributed by atoms with E-state index < -0.39 is 11.7 Å². The molecule has 1 aliphatic heterocycles. The van der Waals surface area contributed by atoms with Crippen molar-refractivity contribution in [2.75, 3.05) is 25.0 Å². The second kappa shape index (κ2) is 10.6. The maximum Gasteiger partial charge on any atom is 0.410 e. The average molecular weight is 473 g/mol. The number of rotatable bonds is 5. The van der Waals surface area contributed by atoms with E-state index in [0.717, 1.165) is 11.1 Å². The van der Waals surface area contributed by atoms with Crippen LogP contribution in [-0.2, 0) is 22.6 Å². The van der Waals surface area contributed by atoms with Gasteiger partial charge in [-0.25, -0.2) is 9.59 Å². The largest absolute Gasteiger partial charge is 0.444 e. The Morgan fingerprint density at radius 2 is 1.64 bits per heavy atom. The molecule has 1 aliphatic rings. The summed E-state index contributed by atoms with van der Waals surface area (Å²) in [6.45, 7) is 7.07. The van der Waals surface area contributed by atoms with Gasteiger partial charge in [0, 0.05) is 36.9 Å². The van der Waals surface area contributed by atoms with E-state index >= 15 is 0 Å². The highest BCUT2D eigenvalue weighted by Crippen LogP contribution is 2.16. The molecule has 0 aromatic heterocycles. The molecule has 2 N–H and O–H groups in total. The lowest BCUT2D eigenvalue weighted by Crippen LogP contribution is -2.52. The minimum atomic E-state index is -0.597. The van der Waals surface area contributed by atoms with Crippen LogP contribution in [0, 0.1) is 0 Å². The van der Waals surface area contributed by atoms with E-state index in [1.807, 2.05) is 24.3 Å². The van der Waals surface area contributed by atoms with Gasteiger partial charge in [-0.2, -0.15) is 0 Å². The highest BCUT2D eigenvalue weighted by atomic mass is 35.5. The van der Waals surface area contributed by atoms with Crippen molar-refractivity contribution in [1.82, 2.24) is 15.1 Å². The summed E-state index contributed by atoms with van der Waals surface area (Å²) < 4.78 is 5.34. The number of piperazine rings is 1. The van der Waals surface area contributed by atoms with E-state index in [2.05, 4.69) is 10.6 Å². The number of nitrogens with one attached hydrogen (secondary N) is 2. The van der Waals surface area contributed by atoms with Crippen molar-refractivity contribution in [3.05, 3.63) is 64.7 Å². The zero-order valence-corrected chi connectivity index (χ0v) is 19.8. The van der Waals surface area contributed by atoms with Crippen molar-refractivity contribution >= 4 is 35.3 Å². The van der Waals surface area contributed by atoms with Crippen LogP contribution in [0.5, 0.6) is 0 Å². The predicted molar refractivity (Wildman–Crippen MR) is 127 cm³/mol. The Morgan fingerprint density at radius 1 is 1.00 bits per heavy atom. The van der Waals surface area contributed by atoms with Crippen LogP contribution in [0.15, 0.2) is 48.5 Å². The van der Waals surface area contributed by atoms with Crippen LogP contribution in [0.1, 0.15) is 31.9 Å². The molecule has 1 saturated heterocycles. The molecule has 33 heavy (non-hydrogen) atoms. The zero-order chi connectivity index (χ0) is 24.0. The van der Waals surface area contributed by atoms with E-state index in [0.29, 0.717) is 36.9 Å². The number of ether oxygens (including phenoxy) is 1. The lowest BCUT2D eigenvalue weighted by atomic mass is 10.1. The van der Waals surface area contributed by atoms with E-state index in [-0.39, 0.29) is 18.5 Å². The highest BCUT2D eigenvalue weighted by Gasteiger charge is 2.30. The molecule has 1 heterocycles. The van der Waals surface area contributed by atoms with Crippen LogP contribution in [0.4, 0.5) is 15.3 Å². The van der Waals surface area contributed by atoms with Gasteiger partial charge in [-0.05, 0) is 56.2 Å². The van der Waals surface area contributed by atoms with Crippen molar-refractivity contribution in [2.45, 2.75) is 39.5 Å². The summed E-state index contributed by atoms with van der Waals surface area (Å²) in [5.74, 6) is -0.129. The van der Waals surface area contributed by atoms with Gasteiger partial charge >= 0.3 is 12.1 Å². The third-order valence-corrected chi connectivity index (χ3v) is 5.17. The Bertz CT molecular complexity index is 987. The van der Waals surface area contributed by atoms with E-state index in [9.17, 15) is 14.4 Å². The van der Waals surface area contributed by atoms with Crippen molar-refractivity contribution in [2.24, 2.45) is 0 Å². The summed E-state index contributed by atoms with van der Waals surface area (Å²) in [6.07, 6.45) is -0.472. The number of carbonyl (C=O) groups is 3. The predicted octanol–water partition coefficient (Wildman–Crippen LogP) is 4.24. The lowest BCUT2D eigenvalue weighted by Gasteiger charge is -2.35. The van der Waals surface area contributed by atoms with Crippen molar-refractivity contribution in [3.63, 3.8) is 0 Å². The maximum atomic E-state index is 12.5. The molecule has 0 bridgehead atoms. The molecule has 176 valence electrons. The van der Waals surface area contributed by atoms with Crippen LogP contribution in [-0.4, -0.2) is 53.1 Å². The quantitative estimate of drug-likeness (QED) is 0.680. The molecule has 0 aliphatic carbocycles. The van der Waals surface area contributed by atoms with Gasteiger partial charge in [-0.3, -0.25) is 9.69 Å². The van der Waals surface area contributed by atoms with Crippen LogP contribution < -0.4 is 10.6 Å². The van der Waals surface area contributed by atoms with E-state index in [1.54, 1.807) is 49.9 Å². The molecule has 0 atom stereocenters. The molecule has 4 amide bonds. The number of carbonyl (C=O) groups excluding carboxylic acids is 3. The van der Waals surface area contributed by atoms with Crippen LogP contribution in [0.25, 0.3) is 0 Å². The summed E-state index contributed by atoms with van der Waals surface area (Å²) in [7, 11) is 0. The lowest BCUT2D eigenvalue weighted by molar-refractivity contribution is -0.136. The number of anilines is 1. The molecule has 1 fully saturated rings. The van der Waals surface area contributed by atoms with Gasteiger partial charge < -0.3 is 20.3 Å². The van der Waals surface area contributed by atoms with Gasteiger partial charge in [0.05, 0.1) is 0 Å². The minimum Gasteiger partial charge on any atom is -0.444 e. The topological polar surface area (TPSA) is 91.0 Å². The number of hydrogen-bond acceptors (Lipinski definition) is 4. The van der Waals surface area contributed by atoms with Crippen LogP contribution in [0.2, 0.25) is 5.02 Å². The SMILES string of the molecule is CC(C)(C)OC(=O)N1CCN(Cc2ccc(NC(=O)NCc3ccc(Cl)cc3)cc2)C(=O)C1. The Hall–Kier alpha value is -3.26. The van der Waals surface area contributed by atoms with Crippen molar-refractivity contribution < 1.29 is 19.1 Å². The zero-order valence-electron chi connectivity index (χ0n) is 19.1. The number of benzene rings is 2. The Balaban J connectivity index is 1.45. The fraction of sp³-hybridized carbons (Fsp3) is 0.375. The summed E-state index contributed by atoms with van der Waals surface area (Å²) in [4.78, 5) is 39.9. The smallest absolute Gasteiger partial charge is 0.410 e. The van der Waals surface area contributed by atoms with Crippen LogP contribution >= 0.6 is 11.6 Å². The van der Waals surface area contributed by atoms with Gasteiger partial charge in [-0.15, -0.1) is 0 Å². The molecule has 2 aromatic carbocycles.